The van der Waals surface area contributed by atoms with Gasteiger partial charge in [-0.05, 0) is 24.9 Å². The fraction of sp³-hybridized carbons (Fsp3) is 0.389. The van der Waals surface area contributed by atoms with Crippen LogP contribution in [0.15, 0.2) is 35.8 Å². The van der Waals surface area contributed by atoms with Crippen molar-refractivity contribution in [1.82, 2.24) is 15.2 Å². The standard InChI is InChI=1S/C18H21N3O3S/c1-2-21(10-15(22)23)14-8-13(9-14)20-18(24)16-17(25-11-19-16)12-6-4-3-5-7-12/h3-7,11,13-14H,2,8-10H2,1H3,(H,20,24)(H,22,23). The van der Waals surface area contributed by atoms with Crippen LogP contribution in [0.25, 0.3) is 10.4 Å². The molecule has 1 saturated carbocycles. The van der Waals surface area contributed by atoms with Gasteiger partial charge in [0.05, 0.1) is 16.9 Å². The summed E-state index contributed by atoms with van der Waals surface area (Å²) >= 11 is 1.45. The van der Waals surface area contributed by atoms with E-state index in [1.807, 2.05) is 42.2 Å². The molecule has 2 N–H and O–H groups in total. The van der Waals surface area contributed by atoms with Crippen LogP contribution in [-0.4, -0.2) is 52.0 Å². The van der Waals surface area contributed by atoms with E-state index < -0.39 is 5.97 Å². The minimum absolute atomic E-state index is 0.0477. The van der Waals surface area contributed by atoms with E-state index in [1.54, 1.807) is 5.51 Å². The third-order valence-electron chi connectivity index (χ3n) is 4.53. The summed E-state index contributed by atoms with van der Waals surface area (Å²) in [4.78, 5) is 30.5. The van der Waals surface area contributed by atoms with Gasteiger partial charge in [0.25, 0.3) is 5.91 Å². The number of rotatable bonds is 7. The number of likely N-dealkylation sites (N-methyl/N-ethyl adjacent to an activating group) is 1. The molecule has 0 saturated heterocycles. The highest BCUT2D eigenvalue weighted by Gasteiger charge is 2.35. The average Bonchev–Trinajstić information content (AvgIpc) is 3.06. The predicted octanol–water partition coefficient (Wildman–Crippen LogP) is 2.48. The Morgan fingerprint density at radius 2 is 2.04 bits per heavy atom. The minimum Gasteiger partial charge on any atom is -0.480 e. The van der Waals surface area contributed by atoms with Gasteiger partial charge in [-0.15, -0.1) is 11.3 Å². The van der Waals surface area contributed by atoms with E-state index in [1.165, 1.54) is 11.3 Å². The van der Waals surface area contributed by atoms with Crippen molar-refractivity contribution < 1.29 is 14.7 Å². The summed E-state index contributed by atoms with van der Waals surface area (Å²) in [5.41, 5.74) is 3.13. The summed E-state index contributed by atoms with van der Waals surface area (Å²) in [6, 6.07) is 10.0. The number of carboxylic acids is 1. The normalized spacial score (nSPS) is 19.4. The smallest absolute Gasteiger partial charge is 0.317 e. The summed E-state index contributed by atoms with van der Waals surface area (Å²) in [5.74, 6) is -0.978. The van der Waals surface area contributed by atoms with Gasteiger partial charge < -0.3 is 10.4 Å². The Morgan fingerprint density at radius 3 is 2.68 bits per heavy atom. The molecule has 6 nitrogen and oxygen atoms in total. The van der Waals surface area contributed by atoms with Gasteiger partial charge >= 0.3 is 5.97 Å². The SMILES string of the molecule is CCN(CC(=O)O)C1CC(NC(=O)c2ncsc2-c2ccccc2)C1. The second kappa shape index (κ2) is 7.76. The third-order valence-corrected chi connectivity index (χ3v) is 5.40. The molecule has 25 heavy (non-hydrogen) atoms. The van der Waals surface area contributed by atoms with Crippen molar-refractivity contribution in [2.24, 2.45) is 0 Å². The van der Waals surface area contributed by atoms with Gasteiger partial charge in [-0.25, -0.2) is 4.98 Å². The quantitative estimate of drug-likeness (QED) is 0.794. The molecule has 0 radical (unpaired) electrons. The van der Waals surface area contributed by atoms with Crippen LogP contribution >= 0.6 is 11.3 Å². The van der Waals surface area contributed by atoms with Crippen LogP contribution in [0, 0.1) is 0 Å². The Labute approximate surface area is 150 Å². The molecule has 2 aromatic rings. The Morgan fingerprint density at radius 1 is 1.32 bits per heavy atom. The Balaban J connectivity index is 1.58. The first-order chi connectivity index (χ1) is 12.1. The highest BCUT2D eigenvalue weighted by atomic mass is 32.1. The number of hydrogen-bond acceptors (Lipinski definition) is 5. The molecule has 0 spiro atoms. The highest BCUT2D eigenvalue weighted by molar-refractivity contribution is 7.13. The zero-order valence-corrected chi connectivity index (χ0v) is 14.8. The van der Waals surface area contributed by atoms with Crippen molar-refractivity contribution in [3.8, 4) is 10.4 Å². The maximum Gasteiger partial charge on any atom is 0.317 e. The van der Waals surface area contributed by atoms with E-state index in [9.17, 15) is 9.59 Å². The Hall–Kier alpha value is -2.25. The van der Waals surface area contributed by atoms with E-state index in [0.29, 0.717) is 12.2 Å². The third kappa shape index (κ3) is 4.05. The summed E-state index contributed by atoms with van der Waals surface area (Å²) in [6.45, 7) is 2.70. The molecule has 1 aliphatic carbocycles. The Bertz CT molecular complexity index is 741. The first kappa shape index (κ1) is 17.6. The van der Waals surface area contributed by atoms with Crippen LogP contribution in [0.1, 0.15) is 30.3 Å². The second-order valence-electron chi connectivity index (χ2n) is 6.15. The zero-order chi connectivity index (χ0) is 17.8. The van der Waals surface area contributed by atoms with Crippen LogP contribution in [0.5, 0.6) is 0 Å². The van der Waals surface area contributed by atoms with Gasteiger partial charge in [0.1, 0.15) is 5.69 Å². The number of carbonyl (C=O) groups is 2. The van der Waals surface area contributed by atoms with Crippen LogP contribution in [-0.2, 0) is 4.79 Å². The van der Waals surface area contributed by atoms with Gasteiger partial charge in [0.2, 0.25) is 0 Å². The van der Waals surface area contributed by atoms with Gasteiger partial charge in [0.15, 0.2) is 0 Å². The molecular weight excluding hydrogens is 338 g/mol. The molecule has 1 aliphatic rings. The first-order valence-electron chi connectivity index (χ1n) is 8.34. The number of thiazole rings is 1. The number of nitrogens with one attached hydrogen (secondary N) is 1. The van der Waals surface area contributed by atoms with Gasteiger partial charge in [-0.1, -0.05) is 37.3 Å². The van der Waals surface area contributed by atoms with E-state index in [0.717, 1.165) is 23.3 Å². The number of aromatic nitrogens is 1. The molecule has 0 bridgehead atoms. The Kier molecular flexibility index (Phi) is 5.45. The summed E-state index contributed by atoms with van der Waals surface area (Å²) in [5, 5.41) is 12.0. The summed E-state index contributed by atoms with van der Waals surface area (Å²) in [7, 11) is 0. The lowest BCUT2D eigenvalue weighted by atomic mass is 9.85. The largest absolute Gasteiger partial charge is 0.480 e. The first-order valence-corrected chi connectivity index (χ1v) is 9.22. The molecule has 1 fully saturated rings. The topological polar surface area (TPSA) is 82.5 Å². The number of benzene rings is 1. The fourth-order valence-electron chi connectivity index (χ4n) is 3.13. The monoisotopic (exact) mass is 359 g/mol. The molecule has 0 unspecified atom stereocenters. The van der Waals surface area contributed by atoms with Crippen molar-refractivity contribution in [2.75, 3.05) is 13.1 Å². The average molecular weight is 359 g/mol. The van der Waals surface area contributed by atoms with Crippen LogP contribution in [0.3, 0.4) is 0 Å². The van der Waals surface area contributed by atoms with Crippen molar-refractivity contribution in [3.05, 3.63) is 41.5 Å². The van der Waals surface area contributed by atoms with E-state index >= 15 is 0 Å². The molecule has 1 amide bonds. The second-order valence-corrected chi connectivity index (χ2v) is 7.00. The highest BCUT2D eigenvalue weighted by Crippen LogP contribution is 2.29. The molecule has 3 rings (SSSR count). The summed E-state index contributed by atoms with van der Waals surface area (Å²) in [6.07, 6.45) is 1.55. The molecule has 1 heterocycles. The maximum absolute atomic E-state index is 12.6. The van der Waals surface area contributed by atoms with Crippen LogP contribution < -0.4 is 5.32 Å². The van der Waals surface area contributed by atoms with Crippen molar-refractivity contribution >= 4 is 23.2 Å². The van der Waals surface area contributed by atoms with E-state index in [4.69, 9.17) is 5.11 Å². The predicted molar refractivity (Wildman–Crippen MR) is 96.7 cm³/mol. The van der Waals surface area contributed by atoms with Crippen LogP contribution in [0.2, 0.25) is 0 Å². The molecule has 0 atom stereocenters. The van der Waals surface area contributed by atoms with Crippen molar-refractivity contribution in [1.29, 1.82) is 0 Å². The molecule has 1 aromatic carbocycles. The lowest BCUT2D eigenvalue weighted by molar-refractivity contribution is -0.139. The van der Waals surface area contributed by atoms with Gasteiger partial charge in [-0.3, -0.25) is 14.5 Å². The molecule has 1 aromatic heterocycles. The molecule has 7 heteroatoms. The van der Waals surface area contributed by atoms with Crippen molar-refractivity contribution in [3.63, 3.8) is 0 Å². The van der Waals surface area contributed by atoms with Gasteiger partial charge in [-0.2, -0.15) is 0 Å². The van der Waals surface area contributed by atoms with E-state index in [-0.39, 0.29) is 24.5 Å². The zero-order valence-electron chi connectivity index (χ0n) is 14.0. The number of amides is 1. The fourth-order valence-corrected chi connectivity index (χ4v) is 3.93. The van der Waals surface area contributed by atoms with E-state index in [2.05, 4.69) is 10.3 Å². The number of aliphatic carboxylic acids is 1. The van der Waals surface area contributed by atoms with Crippen LogP contribution in [0.4, 0.5) is 0 Å². The maximum atomic E-state index is 12.6. The lowest BCUT2D eigenvalue weighted by Gasteiger charge is -2.42. The molecule has 132 valence electrons. The van der Waals surface area contributed by atoms with Crippen molar-refractivity contribution in [2.45, 2.75) is 31.8 Å². The minimum atomic E-state index is -0.815. The number of nitrogens with zero attached hydrogens (tertiary/aromatic N) is 2. The number of carboxylic acid groups (broad SMARTS) is 1. The van der Waals surface area contributed by atoms with Gasteiger partial charge in [0, 0.05) is 12.1 Å². The number of carbonyl (C=O) groups excluding carboxylic acids is 1. The molecule has 0 aliphatic heterocycles. The number of hydrogen-bond donors (Lipinski definition) is 2. The summed E-state index contributed by atoms with van der Waals surface area (Å²) < 4.78 is 0. The lowest BCUT2D eigenvalue weighted by Crippen LogP contribution is -2.54. The molecular formula is C18H21N3O3S.